The minimum Gasteiger partial charge on any atom is -0.353 e. The van der Waals surface area contributed by atoms with Crippen LogP contribution < -0.4 is 5.32 Å². The van der Waals surface area contributed by atoms with E-state index in [1.54, 1.807) is 0 Å². The van der Waals surface area contributed by atoms with Crippen LogP contribution in [0.1, 0.15) is 32.6 Å². The zero-order valence-corrected chi connectivity index (χ0v) is 9.03. The summed E-state index contributed by atoms with van der Waals surface area (Å²) in [6.07, 6.45) is 9.09. The maximum atomic E-state index is 4.28. The summed E-state index contributed by atoms with van der Waals surface area (Å²) >= 11 is 0. The number of nitrogens with zero attached hydrogens (tertiary/aromatic N) is 2. The van der Waals surface area contributed by atoms with Crippen molar-refractivity contribution >= 4 is 5.95 Å². The van der Waals surface area contributed by atoms with Crippen LogP contribution in [0, 0.1) is 5.92 Å². The second-order valence-corrected chi connectivity index (χ2v) is 4.46. The lowest BCUT2D eigenvalue weighted by Crippen LogP contribution is -2.26. The molecule has 0 saturated heterocycles. The Kier molecular flexibility index (Phi) is 2.75. The number of hydrogen-bond acceptors (Lipinski definition) is 2. The zero-order chi connectivity index (χ0) is 9.97. The van der Waals surface area contributed by atoms with Crippen LogP contribution in [-0.4, -0.2) is 15.6 Å². The number of aromatic nitrogens is 2. The topological polar surface area (TPSA) is 29.9 Å². The van der Waals surface area contributed by atoms with E-state index >= 15 is 0 Å². The second kappa shape index (κ2) is 4.03. The van der Waals surface area contributed by atoms with Crippen molar-refractivity contribution in [1.29, 1.82) is 0 Å². The number of anilines is 1. The molecule has 0 amide bonds. The van der Waals surface area contributed by atoms with Gasteiger partial charge in [0.25, 0.3) is 0 Å². The Hall–Kier alpha value is -0.990. The highest BCUT2D eigenvalue weighted by molar-refractivity contribution is 5.27. The lowest BCUT2D eigenvalue weighted by molar-refractivity contribution is 0.360. The Morgan fingerprint density at radius 3 is 2.64 bits per heavy atom. The molecule has 14 heavy (non-hydrogen) atoms. The summed E-state index contributed by atoms with van der Waals surface area (Å²) in [5, 5.41) is 3.50. The first-order valence-corrected chi connectivity index (χ1v) is 5.49. The molecule has 0 aliphatic heterocycles. The molecule has 3 nitrogen and oxygen atoms in total. The summed E-state index contributed by atoms with van der Waals surface area (Å²) in [7, 11) is 2.03. The standard InChI is InChI=1S/C11H19N3/c1-9-3-5-10(6-4-9)13-11-12-7-8-14(11)2/h7-10H,3-6H2,1-2H3,(H,12,13). The predicted molar refractivity (Wildman–Crippen MR) is 58.3 cm³/mol. The van der Waals surface area contributed by atoms with Crippen LogP contribution in [0.3, 0.4) is 0 Å². The van der Waals surface area contributed by atoms with E-state index in [4.69, 9.17) is 0 Å². The van der Waals surface area contributed by atoms with Crippen LogP contribution in [0.5, 0.6) is 0 Å². The van der Waals surface area contributed by atoms with Gasteiger partial charge in [0, 0.05) is 25.5 Å². The van der Waals surface area contributed by atoms with Gasteiger partial charge in [0.2, 0.25) is 5.95 Å². The largest absolute Gasteiger partial charge is 0.353 e. The van der Waals surface area contributed by atoms with Crippen molar-refractivity contribution in [3.8, 4) is 0 Å². The minimum atomic E-state index is 0.632. The van der Waals surface area contributed by atoms with Crippen molar-refractivity contribution in [2.45, 2.75) is 38.6 Å². The van der Waals surface area contributed by atoms with Crippen LogP contribution in [0.2, 0.25) is 0 Å². The van der Waals surface area contributed by atoms with Gasteiger partial charge in [-0.05, 0) is 31.6 Å². The summed E-state index contributed by atoms with van der Waals surface area (Å²) in [4.78, 5) is 4.28. The molecule has 0 unspecified atom stereocenters. The Morgan fingerprint density at radius 2 is 2.07 bits per heavy atom. The van der Waals surface area contributed by atoms with Crippen molar-refractivity contribution in [3.05, 3.63) is 12.4 Å². The van der Waals surface area contributed by atoms with Crippen LogP contribution in [0.25, 0.3) is 0 Å². The van der Waals surface area contributed by atoms with Crippen molar-refractivity contribution in [1.82, 2.24) is 9.55 Å². The Labute approximate surface area is 85.5 Å². The van der Waals surface area contributed by atoms with Gasteiger partial charge in [-0.2, -0.15) is 0 Å². The summed E-state index contributed by atoms with van der Waals surface area (Å²) in [5.41, 5.74) is 0. The smallest absolute Gasteiger partial charge is 0.202 e. The highest BCUT2D eigenvalue weighted by Gasteiger charge is 2.18. The average Bonchev–Trinajstić information content (AvgIpc) is 2.56. The average molecular weight is 193 g/mol. The van der Waals surface area contributed by atoms with Gasteiger partial charge in [0.15, 0.2) is 0 Å². The van der Waals surface area contributed by atoms with Gasteiger partial charge in [-0.25, -0.2) is 4.98 Å². The molecule has 0 aromatic carbocycles. The molecule has 0 spiro atoms. The fourth-order valence-corrected chi connectivity index (χ4v) is 2.09. The van der Waals surface area contributed by atoms with E-state index < -0.39 is 0 Å². The van der Waals surface area contributed by atoms with E-state index in [0.717, 1.165) is 11.9 Å². The van der Waals surface area contributed by atoms with E-state index in [0.29, 0.717) is 6.04 Å². The van der Waals surface area contributed by atoms with Crippen molar-refractivity contribution < 1.29 is 0 Å². The molecule has 2 rings (SSSR count). The third-order valence-corrected chi connectivity index (χ3v) is 3.17. The highest BCUT2D eigenvalue weighted by Crippen LogP contribution is 2.25. The zero-order valence-electron chi connectivity index (χ0n) is 9.03. The molecule has 0 atom stereocenters. The lowest BCUT2D eigenvalue weighted by atomic mass is 9.87. The van der Waals surface area contributed by atoms with Crippen molar-refractivity contribution in [2.75, 3.05) is 5.32 Å². The molecule has 78 valence electrons. The van der Waals surface area contributed by atoms with Crippen LogP contribution in [0.15, 0.2) is 12.4 Å². The maximum absolute atomic E-state index is 4.28. The number of rotatable bonds is 2. The van der Waals surface area contributed by atoms with E-state index in [1.165, 1.54) is 25.7 Å². The first-order valence-electron chi connectivity index (χ1n) is 5.49. The van der Waals surface area contributed by atoms with E-state index in [1.807, 2.05) is 24.0 Å². The fraction of sp³-hybridized carbons (Fsp3) is 0.727. The van der Waals surface area contributed by atoms with Gasteiger partial charge in [-0.1, -0.05) is 6.92 Å². The Bertz CT molecular complexity index is 284. The molecule has 0 radical (unpaired) electrons. The summed E-state index contributed by atoms with van der Waals surface area (Å²) in [5.74, 6) is 1.92. The number of hydrogen-bond donors (Lipinski definition) is 1. The van der Waals surface area contributed by atoms with Gasteiger partial charge in [-0.15, -0.1) is 0 Å². The quantitative estimate of drug-likeness (QED) is 0.781. The molecular formula is C11H19N3. The Morgan fingerprint density at radius 1 is 1.36 bits per heavy atom. The third kappa shape index (κ3) is 2.08. The molecule has 0 bridgehead atoms. The maximum Gasteiger partial charge on any atom is 0.202 e. The fourth-order valence-electron chi connectivity index (χ4n) is 2.09. The SMILES string of the molecule is CC1CCC(Nc2nccn2C)CC1. The van der Waals surface area contributed by atoms with E-state index in [2.05, 4.69) is 17.2 Å². The molecule has 1 aliphatic rings. The molecule has 1 aromatic heterocycles. The predicted octanol–water partition coefficient (Wildman–Crippen LogP) is 2.41. The van der Waals surface area contributed by atoms with Gasteiger partial charge in [0.1, 0.15) is 0 Å². The van der Waals surface area contributed by atoms with Gasteiger partial charge >= 0.3 is 0 Å². The van der Waals surface area contributed by atoms with E-state index in [-0.39, 0.29) is 0 Å². The van der Waals surface area contributed by atoms with Crippen LogP contribution >= 0.6 is 0 Å². The molecule has 1 fully saturated rings. The van der Waals surface area contributed by atoms with Crippen LogP contribution in [-0.2, 0) is 7.05 Å². The summed E-state index contributed by atoms with van der Waals surface area (Å²) in [6.45, 7) is 2.34. The monoisotopic (exact) mass is 193 g/mol. The molecule has 1 aromatic rings. The summed E-state index contributed by atoms with van der Waals surface area (Å²) < 4.78 is 2.04. The Balaban J connectivity index is 1.89. The van der Waals surface area contributed by atoms with Gasteiger partial charge < -0.3 is 9.88 Å². The van der Waals surface area contributed by atoms with Crippen LogP contribution in [0.4, 0.5) is 5.95 Å². The molecule has 3 heteroatoms. The second-order valence-electron chi connectivity index (χ2n) is 4.46. The molecule has 1 heterocycles. The molecule has 1 aliphatic carbocycles. The number of aryl methyl sites for hydroxylation is 1. The van der Waals surface area contributed by atoms with Crippen molar-refractivity contribution in [2.24, 2.45) is 13.0 Å². The highest BCUT2D eigenvalue weighted by atomic mass is 15.2. The number of imidazole rings is 1. The molecule has 1 N–H and O–H groups in total. The normalized spacial score (nSPS) is 27.6. The first-order chi connectivity index (χ1) is 6.75. The van der Waals surface area contributed by atoms with Gasteiger partial charge in [-0.3, -0.25) is 0 Å². The number of nitrogens with one attached hydrogen (secondary N) is 1. The summed E-state index contributed by atoms with van der Waals surface area (Å²) in [6, 6.07) is 0.632. The molecule has 1 saturated carbocycles. The van der Waals surface area contributed by atoms with Crippen molar-refractivity contribution in [3.63, 3.8) is 0 Å². The third-order valence-electron chi connectivity index (χ3n) is 3.17. The van der Waals surface area contributed by atoms with E-state index in [9.17, 15) is 0 Å². The minimum absolute atomic E-state index is 0.632. The van der Waals surface area contributed by atoms with Gasteiger partial charge in [0.05, 0.1) is 0 Å². The first kappa shape index (κ1) is 9.56. The molecular weight excluding hydrogens is 174 g/mol. The lowest BCUT2D eigenvalue weighted by Gasteiger charge is -2.27.